The second-order valence-electron chi connectivity index (χ2n) is 7.88. The molecule has 1 rings (SSSR count). The standard InChI is InChI=1S/C27H36O3/c1-6-9-25(20-27(28)29)24-14-16-26(17-15-24)30-19-18-23(5)13-8-12-22(4)11-7-10-21(2)3/h10,12,14-18,25H,7-8,11,13,19-20H2,1-5H3,(H,28,29)/b22-12+,23-18+/t25-/m1/s1. The van der Waals surface area contributed by atoms with Gasteiger partial charge in [0.2, 0.25) is 0 Å². The van der Waals surface area contributed by atoms with E-state index in [-0.39, 0.29) is 12.3 Å². The number of allylic oxidation sites excluding steroid dienone is 5. The zero-order valence-electron chi connectivity index (χ0n) is 19.1. The molecule has 1 aromatic carbocycles. The summed E-state index contributed by atoms with van der Waals surface area (Å²) in [5, 5.41) is 9.04. The zero-order valence-corrected chi connectivity index (χ0v) is 19.1. The van der Waals surface area contributed by atoms with Gasteiger partial charge in [-0.15, -0.1) is 5.92 Å². The quantitative estimate of drug-likeness (QED) is 0.297. The summed E-state index contributed by atoms with van der Waals surface area (Å²) in [5.41, 5.74) is 5.05. The van der Waals surface area contributed by atoms with E-state index in [1.807, 2.05) is 24.3 Å². The number of hydrogen-bond donors (Lipinski definition) is 1. The molecule has 3 heteroatoms. The predicted octanol–water partition coefficient (Wildman–Crippen LogP) is 7.07. The summed E-state index contributed by atoms with van der Waals surface area (Å²) in [4.78, 5) is 11.0. The Morgan fingerprint density at radius 3 is 2.17 bits per heavy atom. The molecule has 162 valence electrons. The monoisotopic (exact) mass is 408 g/mol. The maximum atomic E-state index is 11.0. The van der Waals surface area contributed by atoms with Gasteiger partial charge in [0.05, 0.1) is 12.3 Å². The van der Waals surface area contributed by atoms with E-state index in [0.29, 0.717) is 6.61 Å². The van der Waals surface area contributed by atoms with Gasteiger partial charge in [0.25, 0.3) is 0 Å². The van der Waals surface area contributed by atoms with Crippen LogP contribution in [-0.2, 0) is 4.79 Å². The molecule has 3 nitrogen and oxygen atoms in total. The molecular weight excluding hydrogens is 372 g/mol. The van der Waals surface area contributed by atoms with Crippen LogP contribution in [0.5, 0.6) is 5.75 Å². The first kappa shape index (κ1) is 25.3. The van der Waals surface area contributed by atoms with E-state index in [2.05, 4.69) is 57.8 Å². The molecule has 0 aliphatic heterocycles. The van der Waals surface area contributed by atoms with E-state index in [4.69, 9.17) is 9.84 Å². The van der Waals surface area contributed by atoms with Crippen molar-refractivity contribution in [3.63, 3.8) is 0 Å². The van der Waals surface area contributed by atoms with Gasteiger partial charge in [-0.2, -0.15) is 0 Å². The summed E-state index contributed by atoms with van der Waals surface area (Å²) in [7, 11) is 0. The van der Waals surface area contributed by atoms with Gasteiger partial charge in [-0.1, -0.05) is 46.9 Å². The van der Waals surface area contributed by atoms with Crippen LogP contribution in [0.15, 0.2) is 59.2 Å². The minimum atomic E-state index is -0.846. The second kappa shape index (κ2) is 14.3. The molecule has 30 heavy (non-hydrogen) atoms. The first-order valence-corrected chi connectivity index (χ1v) is 10.6. The fraction of sp³-hybridized carbons (Fsp3) is 0.444. The summed E-state index contributed by atoms with van der Waals surface area (Å²) in [6.07, 6.45) is 11.1. The SMILES string of the molecule is CC#C[C@H](CC(=O)O)c1ccc(OC/C=C(\C)CC/C=C(\C)CCC=C(C)C)cc1. The van der Waals surface area contributed by atoms with Crippen molar-refractivity contribution in [3.05, 3.63) is 64.8 Å². The maximum absolute atomic E-state index is 11.0. The van der Waals surface area contributed by atoms with Gasteiger partial charge in [-0.3, -0.25) is 4.79 Å². The smallest absolute Gasteiger partial charge is 0.304 e. The highest BCUT2D eigenvalue weighted by atomic mass is 16.5. The first-order valence-electron chi connectivity index (χ1n) is 10.6. The Labute approximate surface area is 182 Å². The highest BCUT2D eigenvalue weighted by Crippen LogP contribution is 2.22. The number of ether oxygens (including phenoxy) is 1. The van der Waals surface area contributed by atoms with Gasteiger partial charge in [0, 0.05) is 0 Å². The van der Waals surface area contributed by atoms with E-state index in [1.54, 1.807) is 6.92 Å². The molecule has 0 bridgehead atoms. The summed E-state index contributed by atoms with van der Waals surface area (Å²) < 4.78 is 5.80. The van der Waals surface area contributed by atoms with Crippen molar-refractivity contribution in [2.75, 3.05) is 6.61 Å². The Hall–Kier alpha value is -2.73. The molecule has 0 spiro atoms. The molecule has 0 saturated heterocycles. The van der Waals surface area contributed by atoms with Crippen molar-refractivity contribution in [2.45, 2.75) is 72.6 Å². The summed E-state index contributed by atoms with van der Waals surface area (Å²) in [6, 6.07) is 7.55. The normalized spacial score (nSPS) is 12.6. The summed E-state index contributed by atoms with van der Waals surface area (Å²) in [5.74, 6) is 5.41. The Morgan fingerprint density at radius 2 is 1.60 bits per heavy atom. The van der Waals surface area contributed by atoms with Gasteiger partial charge in [-0.05, 0) is 84.1 Å². The molecule has 1 N–H and O–H groups in total. The lowest BCUT2D eigenvalue weighted by Gasteiger charge is -2.10. The largest absolute Gasteiger partial charge is 0.490 e. The predicted molar refractivity (Wildman–Crippen MR) is 126 cm³/mol. The van der Waals surface area contributed by atoms with Crippen LogP contribution in [0, 0.1) is 11.8 Å². The van der Waals surface area contributed by atoms with E-state index in [9.17, 15) is 4.79 Å². The zero-order chi connectivity index (χ0) is 22.4. The van der Waals surface area contributed by atoms with Crippen LogP contribution in [0.2, 0.25) is 0 Å². The highest BCUT2D eigenvalue weighted by Gasteiger charge is 2.13. The molecule has 0 radical (unpaired) electrons. The molecule has 1 aromatic rings. The van der Waals surface area contributed by atoms with Gasteiger partial charge in [0.1, 0.15) is 12.4 Å². The minimum Gasteiger partial charge on any atom is -0.490 e. The molecule has 1 atom stereocenters. The van der Waals surface area contributed by atoms with Crippen molar-refractivity contribution in [1.82, 2.24) is 0 Å². The third kappa shape index (κ3) is 11.3. The Morgan fingerprint density at radius 1 is 1.00 bits per heavy atom. The van der Waals surface area contributed by atoms with Crippen molar-refractivity contribution >= 4 is 5.97 Å². The number of rotatable bonds is 12. The van der Waals surface area contributed by atoms with Crippen LogP contribution >= 0.6 is 0 Å². The maximum Gasteiger partial charge on any atom is 0.304 e. The number of carboxylic acid groups (broad SMARTS) is 1. The lowest BCUT2D eigenvalue weighted by molar-refractivity contribution is -0.137. The number of hydrogen-bond acceptors (Lipinski definition) is 2. The number of carboxylic acids is 1. The van der Waals surface area contributed by atoms with Gasteiger partial charge < -0.3 is 9.84 Å². The molecule has 0 fully saturated rings. The fourth-order valence-electron chi connectivity index (χ4n) is 3.02. The van der Waals surface area contributed by atoms with Gasteiger partial charge in [0.15, 0.2) is 0 Å². The summed E-state index contributed by atoms with van der Waals surface area (Å²) in [6.45, 7) is 10.9. The molecule has 0 aliphatic carbocycles. The fourth-order valence-corrected chi connectivity index (χ4v) is 3.02. The average Bonchev–Trinajstić information content (AvgIpc) is 2.67. The second-order valence-corrected chi connectivity index (χ2v) is 7.88. The van der Waals surface area contributed by atoms with Crippen LogP contribution in [0.4, 0.5) is 0 Å². The molecule has 0 heterocycles. The van der Waals surface area contributed by atoms with Crippen molar-refractivity contribution in [1.29, 1.82) is 0 Å². The topological polar surface area (TPSA) is 46.5 Å². The number of aliphatic carboxylic acids is 1. The molecule has 0 amide bonds. The van der Waals surface area contributed by atoms with E-state index < -0.39 is 5.97 Å². The van der Waals surface area contributed by atoms with Crippen molar-refractivity contribution < 1.29 is 14.6 Å². The number of carbonyl (C=O) groups is 1. The van der Waals surface area contributed by atoms with Crippen LogP contribution in [0.3, 0.4) is 0 Å². The van der Waals surface area contributed by atoms with Gasteiger partial charge in [-0.25, -0.2) is 0 Å². The molecular formula is C27H36O3. The Kier molecular flexibility index (Phi) is 12.0. The third-order valence-electron chi connectivity index (χ3n) is 4.78. The van der Waals surface area contributed by atoms with E-state index in [1.165, 1.54) is 16.7 Å². The Bertz CT molecular complexity index is 810. The highest BCUT2D eigenvalue weighted by molar-refractivity contribution is 5.69. The lowest BCUT2D eigenvalue weighted by Crippen LogP contribution is -2.04. The van der Waals surface area contributed by atoms with Crippen molar-refractivity contribution in [2.24, 2.45) is 0 Å². The van der Waals surface area contributed by atoms with Crippen LogP contribution < -0.4 is 4.74 Å². The lowest BCUT2D eigenvalue weighted by atomic mass is 9.96. The molecule has 0 saturated carbocycles. The van der Waals surface area contributed by atoms with E-state index in [0.717, 1.165) is 37.0 Å². The van der Waals surface area contributed by atoms with Crippen LogP contribution in [-0.4, -0.2) is 17.7 Å². The molecule has 0 aliphatic rings. The number of benzene rings is 1. The minimum absolute atomic E-state index is 0.00580. The first-order chi connectivity index (χ1) is 14.3. The van der Waals surface area contributed by atoms with E-state index >= 15 is 0 Å². The third-order valence-corrected chi connectivity index (χ3v) is 4.78. The molecule has 0 aromatic heterocycles. The Balaban J connectivity index is 2.46. The molecule has 0 unspecified atom stereocenters. The summed E-state index contributed by atoms with van der Waals surface area (Å²) >= 11 is 0. The van der Waals surface area contributed by atoms with Crippen molar-refractivity contribution in [3.8, 4) is 17.6 Å². The average molecular weight is 409 g/mol. The van der Waals surface area contributed by atoms with Crippen LogP contribution in [0.1, 0.15) is 78.2 Å². The van der Waals surface area contributed by atoms with Crippen LogP contribution in [0.25, 0.3) is 0 Å². The van der Waals surface area contributed by atoms with Gasteiger partial charge >= 0.3 is 5.97 Å².